The highest BCUT2D eigenvalue weighted by atomic mass is 79.9. The third-order valence-electron chi connectivity index (χ3n) is 3.21. The highest BCUT2D eigenvalue weighted by Gasteiger charge is 2.18. The van der Waals surface area contributed by atoms with Gasteiger partial charge in [0.1, 0.15) is 0 Å². The van der Waals surface area contributed by atoms with E-state index >= 15 is 0 Å². The average Bonchev–Trinajstić information content (AvgIpc) is 2.36. The predicted molar refractivity (Wildman–Crippen MR) is 84.6 cm³/mol. The molecule has 0 spiro atoms. The number of rotatable bonds is 6. The lowest BCUT2D eigenvalue weighted by molar-refractivity contribution is 0.200. The molecule has 0 aliphatic carbocycles. The Bertz CT molecular complexity index is 449. The largest absolute Gasteiger partial charge is 0.396 e. The first kappa shape index (κ1) is 17.0. The van der Waals surface area contributed by atoms with E-state index in [-0.39, 0.29) is 24.1 Å². The van der Waals surface area contributed by atoms with Gasteiger partial charge in [0.2, 0.25) is 0 Å². The topological polar surface area (TPSA) is 61.4 Å². The van der Waals surface area contributed by atoms with Crippen LogP contribution in [0.4, 0.5) is 4.79 Å². The summed E-state index contributed by atoms with van der Waals surface area (Å²) >= 11 is 3.42. The molecule has 1 unspecified atom stereocenters. The molecule has 0 aliphatic heterocycles. The van der Waals surface area contributed by atoms with Gasteiger partial charge in [0.25, 0.3) is 0 Å². The summed E-state index contributed by atoms with van der Waals surface area (Å²) in [6.07, 6.45) is 0.661. The van der Waals surface area contributed by atoms with Gasteiger partial charge in [-0.1, -0.05) is 41.9 Å². The maximum atomic E-state index is 11.9. The van der Waals surface area contributed by atoms with Gasteiger partial charge in [-0.3, -0.25) is 0 Å². The first-order valence-electron chi connectivity index (χ1n) is 6.75. The Hall–Kier alpha value is -1.07. The standard InChI is InChI=1S/C15H23BrN2O2/c1-11(12-5-4-6-13(16)9-12)18-14(20)17-10-15(2,3)7-8-19/h4-6,9,11,19H,7-8,10H2,1-3H3,(H2,17,18,20). The van der Waals surface area contributed by atoms with Crippen LogP contribution >= 0.6 is 15.9 Å². The van der Waals surface area contributed by atoms with Crippen LogP contribution in [0.5, 0.6) is 0 Å². The fraction of sp³-hybridized carbons (Fsp3) is 0.533. The molecule has 1 atom stereocenters. The molecular weight excluding hydrogens is 320 g/mol. The summed E-state index contributed by atoms with van der Waals surface area (Å²) in [5.41, 5.74) is 0.939. The number of carbonyl (C=O) groups is 1. The van der Waals surface area contributed by atoms with Gasteiger partial charge in [-0.05, 0) is 36.5 Å². The number of aliphatic hydroxyl groups is 1. The number of benzene rings is 1. The summed E-state index contributed by atoms with van der Waals surface area (Å²) in [6.45, 7) is 6.64. The second kappa shape index (κ2) is 7.64. The first-order chi connectivity index (χ1) is 9.34. The summed E-state index contributed by atoms with van der Waals surface area (Å²) in [4.78, 5) is 11.9. The zero-order valence-electron chi connectivity index (χ0n) is 12.2. The minimum atomic E-state index is -0.191. The quantitative estimate of drug-likeness (QED) is 0.743. The number of urea groups is 1. The second-order valence-corrected chi connectivity index (χ2v) is 6.66. The molecule has 0 saturated carbocycles. The van der Waals surface area contributed by atoms with Gasteiger partial charge in [-0.2, -0.15) is 0 Å². The molecule has 4 nitrogen and oxygen atoms in total. The fourth-order valence-corrected chi connectivity index (χ4v) is 2.23. The molecule has 3 N–H and O–H groups in total. The third-order valence-corrected chi connectivity index (χ3v) is 3.71. The van der Waals surface area contributed by atoms with Gasteiger partial charge in [0.15, 0.2) is 0 Å². The number of carbonyl (C=O) groups excluding carboxylic acids is 1. The van der Waals surface area contributed by atoms with Crippen molar-refractivity contribution in [2.45, 2.75) is 33.2 Å². The van der Waals surface area contributed by atoms with Crippen molar-refractivity contribution in [3.8, 4) is 0 Å². The van der Waals surface area contributed by atoms with Crippen molar-refractivity contribution in [1.82, 2.24) is 10.6 Å². The van der Waals surface area contributed by atoms with Crippen molar-refractivity contribution in [2.24, 2.45) is 5.41 Å². The zero-order chi connectivity index (χ0) is 15.2. The van der Waals surface area contributed by atoms with Gasteiger partial charge in [0.05, 0.1) is 6.04 Å². The minimum Gasteiger partial charge on any atom is -0.396 e. The van der Waals surface area contributed by atoms with E-state index < -0.39 is 0 Å². The Morgan fingerprint density at radius 1 is 1.45 bits per heavy atom. The molecule has 1 rings (SSSR count). The molecule has 2 amide bonds. The number of hydrogen-bond acceptors (Lipinski definition) is 2. The third kappa shape index (κ3) is 5.92. The highest BCUT2D eigenvalue weighted by Crippen LogP contribution is 2.19. The number of nitrogens with one attached hydrogen (secondary N) is 2. The Kier molecular flexibility index (Phi) is 6.49. The van der Waals surface area contributed by atoms with E-state index in [0.29, 0.717) is 13.0 Å². The van der Waals surface area contributed by atoms with Crippen LogP contribution in [-0.2, 0) is 0 Å². The van der Waals surface area contributed by atoms with Crippen LogP contribution in [0.15, 0.2) is 28.7 Å². The van der Waals surface area contributed by atoms with Crippen molar-refractivity contribution in [3.05, 3.63) is 34.3 Å². The molecule has 1 aromatic carbocycles. The molecule has 0 saturated heterocycles. The van der Waals surface area contributed by atoms with Gasteiger partial charge >= 0.3 is 6.03 Å². The number of amides is 2. The average molecular weight is 343 g/mol. The van der Waals surface area contributed by atoms with Crippen LogP contribution in [-0.4, -0.2) is 24.3 Å². The maximum Gasteiger partial charge on any atom is 0.315 e. The van der Waals surface area contributed by atoms with Crippen molar-refractivity contribution in [2.75, 3.05) is 13.2 Å². The maximum absolute atomic E-state index is 11.9. The van der Waals surface area contributed by atoms with Crippen molar-refractivity contribution >= 4 is 22.0 Å². The van der Waals surface area contributed by atoms with Crippen molar-refractivity contribution < 1.29 is 9.90 Å². The van der Waals surface area contributed by atoms with Crippen LogP contribution < -0.4 is 10.6 Å². The molecular formula is C15H23BrN2O2. The molecule has 0 bridgehead atoms. The van der Waals surface area contributed by atoms with Crippen LogP contribution in [0.2, 0.25) is 0 Å². The van der Waals surface area contributed by atoms with Gasteiger partial charge in [-0.25, -0.2) is 4.79 Å². The molecule has 0 heterocycles. The normalized spacial score (nSPS) is 12.8. The number of hydrogen-bond donors (Lipinski definition) is 3. The summed E-state index contributed by atoms with van der Waals surface area (Å²) < 4.78 is 0.994. The van der Waals surface area contributed by atoms with Crippen LogP contribution in [0.3, 0.4) is 0 Å². The van der Waals surface area contributed by atoms with Crippen LogP contribution in [0.25, 0.3) is 0 Å². The predicted octanol–water partition coefficient (Wildman–Crippen LogP) is 3.22. The lowest BCUT2D eigenvalue weighted by Crippen LogP contribution is -2.41. The van der Waals surface area contributed by atoms with Crippen LogP contribution in [0.1, 0.15) is 38.8 Å². The molecule has 1 aromatic rings. The fourth-order valence-electron chi connectivity index (χ4n) is 1.82. The van der Waals surface area contributed by atoms with E-state index in [1.165, 1.54) is 0 Å². The highest BCUT2D eigenvalue weighted by molar-refractivity contribution is 9.10. The first-order valence-corrected chi connectivity index (χ1v) is 7.54. The summed E-state index contributed by atoms with van der Waals surface area (Å²) in [5.74, 6) is 0. The lowest BCUT2D eigenvalue weighted by Gasteiger charge is -2.24. The smallest absolute Gasteiger partial charge is 0.315 e. The number of halogens is 1. The molecule has 20 heavy (non-hydrogen) atoms. The van der Waals surface area contributed by atoms with E-state index in [1.54, 1.807) is 0 Å². The molecule has 0 radical (unpaired) electrons. The summed E-state index contributed by atoms with van der Waals surface area (Å²) in [7, 11) is 0. The Morgan fingerprint density at radius 2 is 2.15 bits per heavy atom. The number of aliphatic hydroxyl groups excluding tert-OH is 1. The van der Waals surface area contributed by atoms with Gasteiger partial charge < -0.3 is 15.7 Å². The SMILES string of the molecule is CC(NC(=O)NCC(C)(C)CCO)c1cccc(Br)c1. The summed E-state index contributed by atoms with van der Waals surface area (Å²) in [5, 5.41) is 14.7. The van der Waals surface area contributed by atoms with Gasteiger partial charge in [-0.15, -0.1) is 0 Å². The lowest BCUT2D eigenvalue weighted by atomic mass is 9.90. The van der Waals surface area contributed by atoms with E-state index in [2.05, 4.69) is 26.6 Å². The second-order valence-electron chi connectivity index (χ2n) is 5.74. The van der Waals surface area contributed by atoms with Gasteiger partial charge in [0, 0.05) is 17.6 Å². The van der Waals surface area contributed by atoms with E-state index in [4.69, 9.17) is 5.11 Å². The zero-order valence-corrected chi connectivity index (χ0v) is 13.8. The molecule has 0 aromatic heterocycles. The van der Waals surface area contributed by atoms with Crippen molar-refractivity contribution in [1.29, 1.82) is 0 Å². The molecule has 112 valence electrons. The Balaban J connectivity index is 2.46. The molecule has 5 heteroatoms. The molecule has 0 fully saturated rings. The Labute approximate surface area is 129 Å². The monoisotopic (exact) mass is 342 g/mol. The van der Waals surface area contributed by atoms with E-state index in [9.17, 15) is 4.79 Å². The van der Waals surface area contributed by atoms with Crippen LogP contribution in [0, 0.1) is 5.41 Å². The summed E-state index contributed by atoms with van der Waals surface area (Å²) in [6, 6.07) is 7.61. The van der Waals surface area contributed by atoms with E-state index in [1.807, 2.05) is 45.0 Å². The Morgan fingerprint density at radius 3 is 2.75 bits per heavy atom. The minimum absolute atomic E-state index is 0.0616. The van der Waals surface area contributed by atoms with E-state index in [0.717, 1.165) is 10.0 Å². The van der Waals surface area contributed by atoms with Crippen molar-refractivity contribution in [3.63, 3.8) is 0 Å². The molecule has 0 aliphatic rings.